The van der Waals surface area contributed by atoms with E-state index in [-0.39, 0.29) is 0 Å². The zero-order valence-corrected chi connectivity index (χ0v) is 10.5. The lowest BCUT2D eigenvalue weighted by Crippen LogP contribution is -1.85. The second kappa shape index (κ2) is 3.89. The molecule has 0 unspecified atom stereocenters. The summed E-state index contributed by atoms with van der Waals surface area (Å²) >= 11 is 1.76. The lowest BCUT2D eigenvalue weighted by Gasteiger charge is -1.98. The largest absolute Gasteiger partial charge is 0.497 e. The molecule has 3 aromatic heterocycles. The maximum atomic E-state index is 5.19. The summed E-state index contributed by atoms with van der Waals surface area (Å²) in [6.07, 6.45) is 4.01. The number of thiophene rings is 1. The molecule has 0 aliphatic rings. The molecule has 3 aromatic rings. The van der Waals surface area contributed by atoms with Crippen molar-refractivity contribution in [2.75, 3.05) is 7.11 Å². The first-order valence-electron chi connectivity index (χ1n) is 5.36. The third kappa shape index (κ3) is 1.80. The van der Waals surface area contributed by atoms with Crippen molar-refractivity contribution in [3.05, 3.63) is 41.5 Å². The van der Waals surface area contributed by atoms with Gasteiger partial charge in [-0.3, -0.25) is 0 Å². The number of fused-ring (bicyclic) bond motifs is 1. The average Bonchev–Trinajstić information content (AvgIpc) is 2.93. The molecule has 0 aliphatic carbocycles. The van der Waals surface area contributed by atoms with Gasteiger partial charge in [0.2, 0.25) is 0 Å². The molecule has 0 spiro atoms. The van der Waals surface area contributed by atoms with E-state index in [2.05, 4.69) is 24.0 Å². The van der Waals surface area contributed by atoms with Gasteiger partial charge in [0.15, 0.2) is 0 Å². The number of ether oxygens (including phenoxy) is 1. The standard InChI is InChI=1S/C13H12N2OS/c1-9-3-4-12(17-9)11-8-15-6-5-10(16-2)7-13(15)14-11/h3-8H,1-2H3. The summed E-state index contributed by atoms with van der Waals surface area (Å²) in [5, 5.41) is 0. The Balaban J connectivity index is 2.13. The fourth-order valence-corrected chi connectivity index (χ4v) is 2.60. The third-order valence-electron chi connectivity index (χ3n) is 2.66. The van der Waals surface area contributed by atoms with E-state index < -0.39 is 0 Å². The van der Waals surface area contributed by atoms with Crippen LogP contribution in [0.2, 0.25) is 0 Å². The average molecular weight is 244 g/mol. The molecule has 4 heteroatoms. The Labute approximate surface area is 103 Å². The lowest BCUT2D eigenvalue weighted by atomic mass is 10.4. The molecule has 0 bridgehead atoms. The summed E-state index contributed by atoms with van der Waals surface area (Å²) in [5.74, 6) is 0.831. The summed E-state index contributed by atoms with van der Waals surface area (Å²) in [6, 6.07) is 8.09. The summed E-state index contributed by atoms with van der Waals surface area (Å²) < 4.78 is 7.20. The van der Waals surface area contributed by atoms with Crippen LogP contribution < -0.4 is 4.74 Å². The number of rotatable bonds is 2. The predicted molar refractivity (Wildman–Crippen MR) is 69.8 cm³/mol. The van der Waals surface area contributed by atoms with Gasteiger partial charge in [-0.2, -0.15) is 0 Å². The van der Waals surface area contributed by atoms with E-state index in [9.17, 15) is 0 Å². The van der Waals surface area contributed by atoms with Gasteiger partial charge in [0.1, 0.15) is 11.4 Å². The van der Waals surface area contributed by atoms with Gasteiger partial charge in [0.05, 0.1) is 17.7 Å². The van der Waals surface area contributed by atoms with E-state index in [0.29, 0.717) is 0 Å². The second-order valence-corrected chi connectivity index (χ2v) is 5.16. The number of pyridine rings is 1. The molecule has 0 saturated heterocycles. The number of hydrogen-bond donors (Lipinski definition) is 0. The second-order valence-electron chi connectivity index (χ2n) is 3.87. The molecule has 0 saturated carbocycles. The Morgan fingerprint density at radius 3 is 2.88 bits per heavy atom. The molecule has 0 atom stereocenters. The van der Waals surface area contributed by atoms with Crippen LogP contribution in [0, 0.1) is 6.92 Å². The van der Waals surface area contributed by atoms with Crippen molar-refractivity contribution in [3.63, 3.8) is 0 Å². The zero-order chi connectivity index (χ0) is 11.8. The molecule has 0 radical (unpaired) electrons. The van der Waals surface area contributed by atoms with Gasteiger partial charge in [0, 0.05) is 23.3 Å². The number of nitrogens with zero attached hydrogens (tertiary/aromatic N) is 2. The van der Waals surface area contributed by atoms with Gasteiger partial charge < -0.3 is 9.14 Å². The van der Waals surface area contributed by atoms with Crippen molar-refractivity contribution in [3.8, 4) is 16.3 Å². The van der Waals surface area contributed by atoms with Crippen molar-refractivity contribution in [2.45, 2.75) is 6.92 Å². The van der Waals surface area contributed by atoms with Crippen LogP contribution in [0.4, 0.5) is 0 Å². The van der Waals surface area contributed by atoms with Crippen molar-refractivity contribution in [2.24, 2.45) is 0 Å². The van der Waals surface area contributed by atoms with Crippen molar-refractivity contribution < 1.29 is 4.74 Å². The highest BCUT2D eigenvalue weighted by molar-refractivity contribution is 7.15. The highest BCUT2D eigenvalue weighted by Crippen LogP contribution is 2.27. The molecule has 17 heavy (non-hydrogen) atoms. The van der Waals surface area contributed by atoms with Crippen molar-refractivity contribution in [1.29, 1.82) is 0 Å². The van der Waals surface area contributed by atoms with Crippen LogP contribution in [0.25, 0.3) is 16.2 Å². The molecule has 3 heterocycles. The molecule has 0 aromatic carbocycles. The lowest BCUT2D eigenvalue weighted by molar-refractivity contribution is 0.414. The van der Waals surface area contributed by atoms with Crippen molar-refractivity contribution in [1.82, 2.24) is 9.38 Å². The molecular weight excluding hydrogens is 232 g/mol. The molecule has 3 rings (SSSR count). The molecule has 0 amide bonds. The summed E-state index contributed by atoms with van der Waals surface area (Å²) in [5.41, 5.74) is 1.92. The minimum atomic E-state index is 0.831. The molecule has 0 fully saturated rings. The van der Waals surface area contributed by atoms with E-state index in [1.807, 2.05) is 28.9 Å². The summed E-state index contributed by atoms with van der Waals surface area (Å²) in [7, 11) is 1.66. The van der Waals surface area contributed by atoms with Crippen molar-refractivity contribution >= 4 is 17.0 Å². The van der Waals surface area contributed by atoms with Crippen LogP contribution in [-0.4, -0.2) is 16.5 Å². The molecule has 0 aliphatic heterocycles. The quantitative estimate of drug-likeness (QED) is 0.691. The molecular formula is C13H12N2OS. The van der Waals surface area contributed by atoms with Crippen LogP contribution >= 0.6 is 11.3 Å². The number of methoxy groups -OCH3 is 1. The van der Waals surface area contributed by atoms with Crippen LogP contribution in [-0.2, 0) is 0 Å². The maximum Gasteiger partial charge on any atom is 0.141 e. The van der Waals surface area contributed by atoms with E-state index >= 15 is 0 Å². The highest BCUT2D eigenvalue weighted by atomic mass is 32.1. The first-order valence-corrected chi connectivity index (χ1v) is 6.17. The first-order chi connectivity index (χ1) is 8.26. The van der Waals surface area contributed by atoms with Gasteiger partial charge in [-0.05, 0) is 25.1 Å². The Kier molecular flexibility index (Phi) is 2.37. The Hall–Kier alpha value is -1.81. The fourth-order valence-electron chi connectivity index (χ4n) is 1.78. The Bertz CT molecular complexity index is 669. The van der Waals surface area contributed by atoms with Gasteiger partial charge in [-0.15, -0.1) is 11.3 Å². The van der Waals surface area contributed by atoms with E-state index in [1.165, 1.54) is 9.75 Å². The van der Waals surface area contributed by atoms with Crippen LogP contribution in [0.1, 0.15) is 4.88 Å². The maximum absolute atomic E-state index is 5.19. The predicted octanol–water partition coefficient (Wildman–Crippen LogP) is 3.38. The molecule has 86 valence electrons. The zero-order valence-electron chi connectivity index (χ0n) is 9.68. The van der Waals surface area contributed by atoms with E-state index in [1.54, 1.807) is 18.4 Å². The summed E-state index contributed by atoms with van der Waals surface area (Å²) in [6.45, 7) is 2.10. The van der Waals surface area contributed by atoms with Gasteiger partial charge >= 0.3 is 0 Å². The minimum Gasteiger partial charge on any atom is -0.497 e. The third-order valence-corrected chi connectivity index (χ3v) is 3.68. The monoisotopic (exact) mass is 244 g/mol. The Morgan fingerprint density at radius 1 is 1.29 bits per heavy atom. The smallest absolute Gasteiger partial charge is 0.141 e. The van der Waals surface area contributed by atoms with Gasteiger partial charge in [0.25, 0.3) is 0 Å². The number of aryl methyl sites for hydroxylation is 1. The SMILES string of the molecule is COc1ccn2cc(-c3ccc(C)s3)nc2c1. The van der Waals surface area contributed by atoms with E-state index in [0.717, 1.165) is 17.1 Å². The van der Waals surface area contributed by atoms with E-state index in [4.69, 9.17) is 4.74 Å². The van der Waals surface area contributed by atoms with Gasteiger partial charge in [-0.1, -0.05) is 0 Å². The number of imidazole rings is 1. The Morgan fingerprint density at radius 2 is 2.18 bits per heavy atom. The van der Waals surface area contributed by atoms with Crippen LogP contribution in [0.3, 0.4) is 0 Å². The summed E-state index contributed by atoms with van der Waals surface area (Å²) in [4.78, 5) is 7.10. The molecule has 0 N–H and O–H groups in total. The topological polar surface area (TPSA) is 26.5 Å². The number of hydrogen-bond acceptors (Lipinski definition) is 3. The van der Waals surface area contributed by atoms with Gasteiger partial charge in [-0.25, -0.2) is 4.98 Å². The van der Waals surface area contributed by atoms with Crippen LogP contribution in [0.15, 0.2) is 36.7 Å². The highest BCUT2D eigenvalue weighted by Gasteiger charge is 2.06. The number of aromatic nitrogens is 2. The minimum absolute atomic E-state index is 0.831. The fraction of sp³-hybridized carbons (Fsp3) is 0.154. The molecule has 3 nitrogen and oxygen atoms in total. The van der Waals surface area contributed by atoms with Crippen LogP contribution in [0.5, 0.6) is 5.75 Å². The first kappa shape index (κ1) is 10.4. The normalized spacial score (nSPS) is 10.9.